The second-order valence-electron chi connectivity index (χ2n) is 5.48. The molecule has 0 aliphatic heterocycles. The van der Waals surface area contributed by atoms with Gasteiger partial charge in [0.15, 0.2) is 5.75 Å². The number of aromatic hydroxyl groups is 1. The quantitative estimate of drug-likeness (QED) is 0.633. The number of hydrogen-bond acceptors (Lipinski definition) is 1. The molecule has 1 nitrogen and oxygen atoms in total. The predicted molar refractivity (Wildman–Crippen MR) is 91.5 cm³/mol. The number of phenolic OH excluding ortho intramolecular Hbond substituents is 1. The molecule has 0 heterocycles. The maximum atomic E-state index is 9.69. The molecule has 0 saturated heterocycles. The maximum Gasteiger partial charge on any atom is 0.152 e. The molecule has 0 aromatic heterocycles. The third-order valence-corrected chi connectivity index (χ3v) is 5.10. The fourth-order valence-corrected chi connectivity index (χ4v) is 3.07. The van der Waals surface area contributed by atoms with Gasteiger partial charge in [0, 0.05) is 15.5 Å². The molecule has 5 heteroatoms. The first-order chi connectivity index (χ1) is 9.64. The van der Waals surface area contributed by atoms with Crippen LogP contribution in [-0.4, -0.2) is 5.11 Å². The zero-order chi connectivity index (χ0) is 15.9. The molecule has 0 unspecified atom stereocenters. The minimum absolute atomic E-state index is 0.113. The van der Waals surface area contributed by atoms with Crippen LogP contribution < -0.4 is 0 Å². The molecule has 2 rings (SSSR count). The molecule has 0 saturated carbocycles. The number of phenols is 1. The zero-order valence-electron chi connectivity index (χ0n) is 11.8. The van der Waals surface area contributed by atoms with Crippen LogP contribution in [0.2, 0.25) is 20.1 Å². The molecule has 0 atom stereocenters. The Morgan fingerprint density at radius 1 is 0.762 bits per heavy atom. The van der Waals surface area contributed by atoms with Gasteiger partial charge in [0.2, 0.25) is 0 Å². The van der Waals surface area contributed by atoms with E-state index in [-0.39, 0.29) is 15.8 Å². The standard InChI is InChI=1S/C16H14Cl4O/c1-8-11(17)4-9(5-12(8)18)16(2,3)10-6-13(19)15(21)14(20)7-10/h4-7,21H,1-3H3. The predicted octanol–water partition coefficient (Wildman–Crippen LogP) is 6.64. The van der Waals surface area contributed by atoms with Gasteiger partial charge in [0.25, 0.3) is 0 Å². The molecule has 0 radical (unpaired) electrons. The van der Waals surface area contributed by atoms with Crippen LogP contribution in [0.5, 0.6) is 5.75 Å². The van der Waals surface area contributed by atoms with Gasteiger partial charge in [0.05, 0.1) is 10.0 Å². The van der Waals surface area contributed by atoms with Gasteiger partial charge in [0.1, 0.15) is 0 Å². The summed E-state index contributed by atoms with van der Waals surface area (Å²) in [6, 6.07) is 7.17. The average Bonchev–Trinajstić information content (AvgIpc) is 2.40. The lowest BCUT2D eigenvalue weighted by Gasteiger charge is -2.27. The highest BCUT2D eigenvalue weighted by atomic mass is 35.5. The second kappa shape index (κ2) is 5.89. The van der Waals surface area contributed by atoms with E-state index in [0.29, 0.717) is 10.0 Å². The molecule has 112 valence electrons. The SMILES string of the molecule is Cc1c(Cl)cc(C(C)(C)c2cc(Cl)c(O)c(Cl)c2)cc1Cl. The van der Waals surface area contributed by atoms with E-state index in [1.54, 1.807) is 12.1 Å². The van der Waals surface area contributed by atoms with E-state index in [9.17, 15) is 5.11 Å². The molecule has 1 N–H and O–H groups in total. The van der Waals surface area contributed by atoms with Gasteiger partial charge < -0.3 is 5.11 Å². The lowest BCUT2D eigenvalue weighted by Crippen LogP contribution is -2.19. The number of halogens is 4. The third kappa shape index (κ3) is 3.12. The van der Waals surface area contributed by atoms with Crippen molar-refractivity contribution in [3.05, 3.63) is 61.0 Å². The summed E-state index contributed by atoms with van der Waals surface area (Å²) in [5.74, 6) is -0.113. The molecule has 0 fully saturated rings. The summed E-state index contributed by atoms with van der Waals surface area (Å²) in [5, 5.41) is 11.3. The minimum atomic E-state index is -0.415. The lowest BCUT2D eigenvalue weighted by molar-refractivity contribution is 0.475. The van der Waals surface area contributed by atoms with Crippen LogP contribution in [0.4, 0.5) is 0 Å². The first-order valence-corrected chi connectivity index (χ1v) is 7.80. The van der Waals surface area contributed by atoms with Crippen molar-refractivity contribution in [2.24, 2.45) is 0 Å². The summed E-state index contributed by atoms with van der Waals surface area (Å²) < 4.78 is 0. The van der Waals surface area contributed by atoms with Gasteiger partial charge in [-0.15, -0.1) is 0 Å². The molecule has 0 aliphatic carbocycles. The van der Waals surface area contributed by atoms with Gasteiger partial charge in [-0.1, -0.05) is 60.3 Å². The van der Waals surface area contributed by atoms with E-state index >= 15 is 0 Å². The van der Waals surface area contributed by atoms with Gasteiger partial charge in [-0.05, 0) is 47.9 Å². The molecule has 2 aromatic carbocycles. The van der Waals surface area contributed by atoms with Crippen molar-refractivity contribution in [3.8, 4) is 5.75 Å². The molecular weight excluding hydrogens is 350 g/mol. The normalized spacial score (nSPS) is 11.8. The Morgan fingerprint density at radius 2 is 1.10 bits per heavy atom. The molecule has 0 amide bonds. The molecule has 0 spiro atoms. The molecule has 2 aromatic rings. The Balaban J connectivity index is 2.61. The Labute approximate surface area is 144 Å². The van der Waals surface area contributed by atoms with Crippen molar-refractivity contribution in [1.82, 2.24) is 0 Å². The summed E-state index contributed by atoms with van der Waals surface area (Å²) in [6.07, 6.45) is 0. The first-order valence-electron chi connectivity index (χ1n) is 6.29. The molecule has 0 bridgehead atoms. The van der Waals surface area contributed by atoms with E-state index in [4.69, 9.17) is 46.4 Å². The fraction of sp³-hybridized carbons (Fsp3) is 0.250. The highest BCUT2D eigenvalue weighted by Gasteiger charge is 2.26. The van der Waals surface area contributed by atoms with E-state index < -0.39 is 5.41 Å². The minimum Gasteiger partial charge on any atom is -0.505 e. The van der Waals surface area contributed by atoms with Gasteiger partial charge in [-0.3, -0.25) is 0 Å². The molecule has 21 heavy (non-hydrogen) atoms. The van der Waals surface area contributed by atoms with Crippen molar-refractivity contribution in [1.29, 1.82) is 0 Å². The van der Waals surface area contributed by atoms with Crippen LogP contribution in [0.1, 0.15) is 30.5 Å². The van der Waals surface area contributed by atoms with E-state index in [1.807, 2.05) is 32.9 Å². The van der Waals surface area contributed by atoms with Crippen LogP contribution >= 0.6 is 46.4 Å². The van der Waals surface area contributed by atoms with Crippen LogP contribution in [0.3, 0.4) is 0 Å². The highest BCUT2D eigenvalue weighted by molar-refractivity contribution is 6.37. The highest BCUT2D eigenvalue weighted by Crippen LogP contribution is 2.41. The smallest absolute Gasteiger partial charge is 0.152 e. The maximum absolute atomic E-state index is 9.69. The molecular formula is C16H14Cl4O. The fourth-order valence-electron chi connectivity index (χ4n) is 2.10. The Bertz CT molecular complexity index is 602. The monoisotopic (exact) mass is 362 g/mol. The van der Waals surface area contributed by atoms with Crippen LogP contribution in [0.25, 0.3) is 0 Å². The van der Waals surface area contributed by atoms with Crippen LogP contribution in [0.15, 0.2) is 24.3 Å². The zero-order valence-corrected chi connectivity index (χ0v) is 14.8. The number of benzene rings is 2. The van der Waals surface area contributed by atoms with Gasteiger partial charge >= 0.3 is 0 Å². The summed E-state index contributed by atoms with van der Waals surface area (Å²) >= 11 is 24.5. The number of hydrogen-bond donors (Lipinski definition) is 1. The first kappa shape index (κ1) is 16.8. The summed E-state index contributed by atoms with van der Waals surface area (Å²) in [6.45, 7) is 5.91. The van der Waals surface area contributed by atoms with Crippen LogP contribution in [-0.2, 0) is 5.41 Å². The summed E-state index contributed by atoms with van der Waals surface area (Å²) in [7, 11) is 0. The van der Waals surface area contributed by atoms with E-state index in [2.05, 4.69) is 0 Å². The van der Waals surface area contributed by atoms with Crippen molar-refractivity contribution >= 4 is 46.4 Å². The Morgan fingerprint density at radius 3 is 1.48 bits per heavy atom. The lowest BCUT2D eigenvalue weighted by atomic mass is 9.78. The third-order valence-electron chi connectivity index (χ3n) is 3.74. The van der Waals surface area contributed by atoms with E-state index in [1.165, 1.54) is 0 Å². The van der Waals surface area contributed by atoms with E-state index in [0.717, 1.165) is 16.7 Å². The Kier molecular flexibility index (Phi) is 4.70. The van der Waals surface area contributed by atoms with Crippen molar-refractivity contribution in [2.45, 2.75) is 26.2 Å². The molecule has 0 aliphatic rings. The second-order valence-corrected chi connectivity index (χ2v) is 7.11. The van der Waals surface area contributed by atoms with Crippen molar-refractivity contribution in [3.63, 3.8) is 0 Å². The average molecular weight is 364 g/mol. The topological polar surface area (TPSA) is 20.2 Å². The van der Waals surface area contributed by atoms with Crippen molar-refractivity contribution < 1.29 is 5.11 Å². The van der Waals surface area contributed by atoms with Crippen molar-refractivity contribution in [2.75, 3.05) is 0 Å². The summed E-state index contributed by atoms with van der Waals surface area (Å²) in [4.78, 5) is 0. The largest absolute Gasteiger partial charge is 0.505 e. The summed E-state index contributed by atoms with van der Waals surface area (Å²) in [5.41, 5.74) is 2.24. The Hall–Kier alpha value is -0.600. The van der Waals surface area contributed by atoms with Gasteiger partial charge in [-0.2, -0.15) is 0 Å². The van der Waals surface area contributed by atoms with Gasteiger partial charge in [-0.25, -0.2) is 0 Å². The van der Waals surface area contributed by atoms with Crippen LogP contribution in [0, 0.1) is 6.92 Å². The number of rotatable bonds is 2.